The zero-order valence-corrected chi connectivity index (χ0v) is 13.8. The summed E-state index contributed by atoms with van der Waals surface area (Å²) in [5.74, 6) is 1.66. The van der Waals surface area contributed by atoms with Crippen molar-refractivity contribution in [1.82, 2.24) is 10.3 Å². The van der Waals surface area contributed by atoms with E-state index >= 15 is 0 Å². The lowest BCUT2D eigenvalue weighted by molar-refractivity contribution is 0.174. The Kier molecular flexibility index (Phi) is 4.80. The summed E-state index contributed by atoms with van der Waals surface area (Å²) < 4.78 is 10.7. The monoisotopic (exact) mass is 319 g/mol. The van der Waals surface area contributed by atoms with Crippen LogP contribution in [0.5, 0.6) is 11.5 Å². The number of nitrogens with zero attached hydrogens (tertiary/aromatic N) is 2. The first kappa shape index (κ1) is 15.1. The Morgan fingerprint density at radius 3 is 2.82 bits per heavy atom. The Balaban J connectivity index is 1.53. The molecule has 0 atom stereocenters. The molecule has 0 unspecified atom stereocenters. The number of ether oxygens (including phenoxy) is 2. The van der Waals surface area contributed by atoms with E-state index in [0.717, 1.165) is 42.8 Å². The van der Waals surface area contributed by atoms with E-state index in [0.29, 0.717) is 6.79 Å². The average Bonchev–Trinajstić information content (AvgIpc) is 3.17. The lowest BCUT2D eigenvalue weighted by atomic mass is 10.2. The second kappa shape index (κ2) is 6.98. The average molecular weight is 319 g/mol. The summed E-state index contributed by atoms with van der Waals surface area (Å²) in [6, 6.07) is 6.06. The number of fused-ring (bicyclic) bond motifs is 1. The van der Waals surface area contributed by atoms with Crippen LogP contribution in [0.25, 0.3) is 0 Å². The van der Waals surface area contributed by atoms with Gasteiger partial charge < -0.3 is 19.7 Å². The van der Waals surface area contributed by atoms with Crippen LogP contribution in [0.1, 0.15) is 24.3 Å². The molecule has 0 bridgehead atoms. The molecule has 0 fully saturated rings. The largest absolute Gasteiger partial charge is 0.454 e. The number of benzene rings is 1. The van der Waals surface area contributed by atoms with Crippen molar-refractivity contribution in [3.8, 4) is 11.5 Å². The van der Waals surface area contributed by atoms with Gasteiger partial charge in [0.2, 0.25) is 6.79 Å². The fourth-order valence-electron chi connectivity index (χ4n) is 2.40. The first-order valence-corrected chi connectivity index (χ1v) is 8.40. The summed E-state index contributed by atoms with van der Waals surface area (Å²) in [5, 5.41) is 4.55. The Hall–Kier alpha value is -1.79. The summed E-state index contributed by atoms with van der Waals surface area (Å²) in [7, 11) is 0. The molecule has 3 rings (SSSR count). The van der Waals surface area contributed by atoms with E-state index in [9.17, 15) is 0 Å². The van der Waals surface area contributed by atoms with Gasteiger partial charge in [0.15, 0.2) is 16.6 Å². The van der Waals surface area contributed by atoms with Crippen molar-refractivity contribution in [3.63, 3.8) is 0 Å². The van der Waals surface area contributed by atoms with Crippen molar-refractivity contribution in [2.45, 2.75) is 26.9 Å². The standard InChI is InChI=1S/C16H21N3O2S/c1-3-19(4-2)16-18-10-13(22-16)9-17-8-12-5-6-14-15(7-12)21-11-20-14/h5-7,10,17H,3-4,8-9,11H2,1-2H3. The van der Waals surface area contributed by atoms with Crippen molar-refractivity contribution in [1.29, 1.82) is 0 Å². The molecule has 0 amide bonds. The maximum absolute atomic E-state index is 5.39. The van der Waals surface area contributed by atoms with E-state index in [4.69, 9.17) is 9.47 Å². The highest BCUT2D eigenvalue weighted by molar-refractivity contribution is 7.15. The first-order valence-electron chi connectivity index (χ1n) is 7.59. The molecular weight excluding hydrogens is 298 g/mol. The van der Waals surface area contributed by atoms with Gasteiger partial charge in [-0.25, -0.2) is 4.98 Å². The normalized spacial score (nSPS) is 12.6. The third-order valence-corrected chi connectivity index (χ3v) is 4.70. The van der Waals surface area contributed by atoms with Crippen LogP contribution in [-0.4, -0.2) is 24.9 Å². The van der Waals surface area contributed by atoms with Crippen LogP contribution in [0.4, 0.5) is 5.13 Å². The van der Waals surface area contributed by atoms with Gasteiger partial charge >= 0.3 is 0 Å². The number of aromatic nitrogens is 1. The first-order chi connectivity index (χ1) is 10.8. The molecule has 0 aliphatic carbocycles. The van der Waals surface area contributed by atoms with Crippen LogP contribution in [0, 0.1) is 0 Å². The molecule has 118 valence electrons. The van der Waals surface area contributed by atoms with E-state index in [-0.39, 0.29) is 0 Å². The Morgan fingerprint density at radius 2 is 2.00 bits per heavy atom. The molecular formula is C16H21N3O2S. The summed E-state index contributed by atoms with van der Waals surface area (Å²) in [5.41, 5.74) is 1.19. The van der Waals surface area contributed by atoms with Crippen LogP contribution >= 0.6 is 11.3 Å². The highest BCUT2D eigenvalue weighted by Gasteiger charge is 2.13. The minimum absolute atomic E-state index is 0.321. The van der Waals surface area contributed by atoms with Crippen LogP contribution in [-0.2, 0) is 13.1 Å². The van der Waals surface area contributed by atoms with E-state index in [1.807, 2.05) is 18.3 Å². The summed E-state index contributed by atoms with van der Waals surface area (Å²) >= 11 is 1.75. The molecule has 1 aromatic heterocycles. The molecule has 1 aliphatic heterocycles. The van der Waals surface area contributed by atoms with Gasteiger partial charge in [-0.05, 0) is 31.5 Å². The highest BCUT2D eigenvalue weighted by Crippen LogP contribution is 2.32. The van der Waals surface area contributed by atoms with Crippen LogP contribution in [0.15, 0.2) is 24.4 Å². The van der Waals surface area contributed by atoms with Gasteiger partial charge in [0.05, 0.1) is 0 Å². The maximum atomic E-state index is 5.39. The van der Waals surface area contributed by atoms with Crippen molar-refractivity contribution < 1.29 is 9.47 Å². The summed E-state index contributed by atoms with van der Waals surface area (Å²) in [4.78, 5) is 8.02. The molecule has 0 saturated carbocycles. The second-order valence-electron chi connectivity index (χ2n) is 5.07. The van der Waals surface area contributed by atoms with E-state index < -0.39 is 0 Å². The summed E-state index contributed by atoms with van der Waals surface area (Å²) in [6.45, 7) is 8.25. The number of hydrogen-bond acceptors (Lipinski definition) is 6. The Morgan fingerprint density at radius 1 is 1.18 bits per heavy atom. The van der Waals surface area contributed by atoms with Crippen molar-refractivity contribution >= 4 is 16.5 Å². The molecule has 1 aromatic carbocycles. The zero-order chi connectivity index (χ0) is 15.4. The number of nitrogens with one attached hydrogen (secondary N) is 1. The number of rotatable bonds is 7. The lowest BCUT2D eigenvalue weighted by Crippen LogP contribution is -2.21. The molecule has 1 N–H and O–H groups in total. The molecule has 0 radical (unpaired) electrons. The van der Waals surface area contributed by atoms with E-state index in [2.05, 4.69) is 35.1 Å². The molecule has 0 spiro atoms. The molecule has 5 nitrogen and oxygen atoms in total. The molecule has 2 aromatic rings. The van der Waals surface area contributed by atoms with E-state index in [1.54, 1.807) is 11.3 Å². The molecule has 1 aliphatic rings. The number of hydrogen-bond donors (Lipinski definition) is 1. The SMILES string of the molecule is CCN(CC)c1ncc(CNCc2ccc3c(c2)OCO3)s1. The van der Waals surface area contributed by atoms with Crippen LogP contribution < -0.4 is 19.7 Å². The number of anilines is 1. The van der Waals surface area contributed by atoms with E-state index in [1.165, 1.54) is 10.4 Å². The Bertz CT molecular complexity index is 626. The van der Waals surface area contributed by atoms with Crippen LogP contribution in [0.3, 0.4) is 0 Å². The van der Waals surface area contributed by atoms with Gasteiger partial charge in [-0.3, -0.25) is 0 Å². The molecule has 6 heteroatoms. The van der Waals surface area contributed by atoms with Gasteiger partial charge in [0.1, 0.15) is 0 Å². The fourth-order valence-corrected chi connectivity index (χ4v) is 3.41. The predicted molar refractivity (Wildman–Crippen MR) is 88.8 cm³/mol. The van der Waals surface area contributed by atoms with Crippen molar-refractivity contribution in [2.75, 3.05) is 24.8 Å². The summed E-state index contributed by atoms with van der Waals surface area (Å²) in [6.07, 6.45) is 1.96. The van der Waals surface area contributed by atoms with Gasteiger partial charge in [0, 0.05) is 37.3 Å². The smallest absolute Gasteiger partial charge is 0.231 e. The second-order valence-corrected chi connectivity index (χ2v) is 6.17. The van der Waals surface area contributed by atoms with Gasteiger partial charge in [0.25, 0.3) is 0 Å². The van der Waals surface area contributed by atoms with Gasteiger partial charge in [-0.15, -0.1) is 11.3 Å². The minimum Gasteiger partial charge on any atom is -0.454 e. The fraction of sp³-hybridized carbons (Fsp3) is 0.438. The molecule has 0 saturated heterocycles. The lowest BCUT2D eigenvalue weighted by Gasteiger charge is -2.16. The highest BCUT2D eigenvalue weighted by atomic mass is 32.1. The maximum Gasteiger partial charge on any atom is 0.231 e. The number of thiazole rings is 1. The quantitative estimate of drug-likeness (QED) is 0.850. The van der Waals surface area contributed by atoms with Gasteiger partial charge in [-0.1, -0.05) is 6.07 Å². The zero-order valence-electron chi connectivity index (χ0n) is 13.0. The molecule has 22 heavy (non-hydrogen) atoms. The van der Waals surface area contributed by atoms with Gasteiger partial charge in [-0.2, -0.15) is 0 Å². The van der Waals surface area contributed by atoms with Crippen LogP contribution in [0.2, 0.25) is 0 Å². The van der Waals surface area contributed by atoms with Crippen molar-refractivity contribution in [3.05, 3.63) is 34.8 Å². The third kappa shape index (κ3) is 3.34. The minimum atomic E-state index is 0.321. The predicted octanol–water partition coefficient (Wildman–Crippen LogP) is 3.01. The molecule has 2 heterocycles. The Labute approximate surface area is 134 Å². The van der Waals surface area contributed by atoms with Crippen molar-refractivity contribution in [2.24, 2.45) is 0 Å². The topological polar surface area (TPSA) is 46.6 Å². The third-order valence-electron chi connectivity index (χ3n) is 3.64.